The van der Waals surface area contributed by atoms with Gasteiger partial charge in [0.05, 0.1) is 0 Å². The summed E-state index contributed by atoms with van der Waals surface area (Å²) in [6.45, 7) is 2.40. The Bertz CT molecular complexity index is 611. The van der Waals surface area contributed by atoms with Crippen molar-refractivity contribution in [3.63, 3.8) is 0 Å². The first-order valence-corrected chi connectivity index (χ1v) is 7.73. The monoisotopic (exact) mass is 304 g/mol. The number of nitrogens with two attached hydrogens (primary N) is 1. The van der Waals surface area contributed by atoms with Crippen molar-refractivity contribution in [1.82, 2.24) is 4.90 Å². The molecular formula is C17H21FN2S. The fourth-order valence-corrected chi connectivity index (χ4v) is 3.06. The molecule has 2 aromatic carbocycles. The van der Waals surface area contributed by atoms with E-state index in [-0.39, 0.29) is 0 Å². The molecule has 2 N–H and O–H groups in total. The van der Waals surface area contributed by atoms with Gasteiger partial charge in [-0.2, -0.15) is 0 Å². The van der Waals surface area contributed by atoms with E-state index >= 15 is 0 Å². The zero-order valence-electron chi connectivity index (χ0n) is 12.6. The molecule has 21 heavy (non-hydrogen) atoms. The van der Waals surface area contributed by atoms with E-state index in [1.165, 1.54) is 17.4 Å². The van der Waals surface area contributed by atoms with Crippen LogP contribution in [0.2, 0.25) is 0 Å². The van der Waals surface area contributed by atoms with Gasteiger partial charge in [-0.25, -0.2) is 4.39 Å². The maximum Gasteiger partial charge on any atom is 0.122 e. The molecule has 112 valence electrons. The van der Waals surface area contributed by atoms with Crippen molar-refractivity contribution in [1.29, 1.82) is 0 Å². The lowest BCUT2D eigenvalue weighted by atomic mass is 10.1. The number of alkyl halides is 1. The van der Waals surface area contributed by atoms with E-state index in [0.29, 0.717) is 11.3 Å². The third-order valence-electron chi connectivity index (χ3n) is 3.17. The maximum absolute atomic E-state index is 13.3. The van der Waals surface area contributed by atoms with Crippen LogP contribution in [-0.2, 0) is 6.54 Å². The molecule has 0 amide bonds. The van der Waals surface area contributed by atoms with Gasteiger partial charge in [-0.1, -0.05) is 36.0 Å². The van der Waals surface area contributed by atoms with E-state index in [1.54, 1.807) is 23.9 Å². The summed E-state index contributed by atoms with van der Waals surface area (Å²) < 4.78 is 13.3. The van der Waals surface area contributed by atoms with Gasteiger partial charge in [-0.05, 0) is 50.3 Å². The standard InChI is InChI=1S/C17H21FN2S/c1-12(18)13-8-9-17(15(19)10-13)21-16-7-5-4-6-14(16)11-20(2)3/h4-10,12H,11,19H2,1-3H3. The van der Waals surface area contributed by atoms with E-state index in [9.17, 15) is 4.39 Å². The lowest BCUT2D eigenvalue weighted by molar-refractivity contribution is 0.374. The summed E-state index contributed by atoms with van der Waals surface area (Å²) in [6.07, 6.45) is -0.993. The Hall–Kier alpha value is -1.52. The number of hydrogen-bond acceptors (Lipinski definition) is 3. The molecule has 0 fully saturated rings. The molecule has 0 radical (unpaired) electrons. The molecule has 0 saturated heterocycles. The van der Waals surface area contributed by atoms with Gasteiger partial charge in [0, 0.05) is 22.0 Å². The van der Waals surface area contributed by atoms with Crippen LogP contribution in [0.3, 0.4) is 0 Å². The molecular weight excluding hydrogens is 283 g/mol. The largest absolute Gasteiger partial charge is 0.398 e. The molecule has 2 nitrogen and oxygen atoms in total. The lowest BCUT2D eigenvalue weighted by Gasteiger charge is -2.15. The minimum absolute atomic E-state index is 0.624. The second kappa shape index (κ2) is 6.96. The van der Waals surface area contributed by atoms with Crippen LogP contribution in [0.1, 0.15) is 24.2 Å². The SMILES string of the molecule is CC(F)c1ccc(Sc2ccccc2CN(C)C)c(N)c1. The Morgan fingerprint density at radius 1 is 1.14 bits per heavy atom. The molecule has 0 aliphatic carbocycles. The molecule has 1 atom stereocenters. The topological polar surface area (TPSA) is 29.3 Å². The van der Waals surface area contributed by atoms with Gasteiger partial charge in [0.2, 0.25) is 0 Å². The van der Waals surface area contributed by atoms with Crippen molar-refractivity contribution in [2.45, 2.75) is 29.4 Å². The summed E-state index contributed by atoms with van der Waals surface area (Å²) in [5.74, 6) is 0. The number of anilines is 1. The van der Waals surface area contributed by atoms with Crippen LogP contribution >= 0.6 is 11.8 Å². The van der Waals surface area contributed by atoms with Crippen molar-refractivity contribution in [2.75, 3.05) is 19.8 Å². The molecule has 0 aliphatic rings. The summed E-state index contributed by atoms with van der Waals surface area (Å²) >= 11 is 1.63. The maximum atomic E-state index is 13.3. The van der Waals surface area contributed by atoms with E-state index in [0.717, 1.165) is 11.4 Å². The lowest BCUT2D eigenvalue weighted by Crippen LogP contribution is -2.11. The van der Waals surface area contributed by atoms with Crippen LogP contribution in [0.5, 0.6) is 0 Å². The minimum Gasteiger partial charge on any atom is -0.398 e. The van der Waals surface area contributed by atoms with Crippen molar-refractivity contribution >= 4 is 17.4 Å². The molecule has 0 spiro atoms. The van der Waals surface area contributed by atoms with Gasteiger partial charge < -0.3 is 10.6 Å². The summed E-state index contributed by atoms with van der Waals surface area (Å²) in [7, 11) is 4.10. The molecule has 0 heterocycles. The van der Waals surface area contributed by atoms with Crippen molar-refractivity contribution in [2.24, 2.45) is 0 Å². The Morgan fingerprint density at radius 2 is 1.86 bits per heavy atom. The Balaban J connectivity index is 2.26. The third-order valence-corrected chi connectivity index (χ3v) is 4.38. The number of hydrogen-bond donors (Lipinski definition) is 1. The number of halogens is 1. The number of nitrogen functional groups attached to an aromatic ring is 1. The smallest absolute Gasteiger partial charge is 0.122 e. The van der Waals surface area contributed by atoms with E-state index in [2.05, 4.69) is 17.0 Å². The van der Waals surface area contributed by atoms with Crippen LogP contribution in [0, 0.1) is 0 Å². The van der Waals surface area contributed by atoms with E-state index in [4.69, 9.17) is 5.73 Å². The van der Waals surface area contributed by atoms with Gasteiger partial charge >= 0.3 is 0 Å². The summed E-state index contributed by atoms with van der Waals surface area (Å²) in [4.78, 5) is 4.28. The quantitative estimate of drug-likeness (QED) is 0.824. The van der Waals surface area contributed by atoms with Crippen molar-refractivity contribution < 1.29 is 4.39 Å². The van der Waals surface area contributed by atoms with E-state index in [1.807, 2.05) is 32.3 Å². The summed E-state index contributed by atoms with van der Waals surface area (Å²) in [6, 6.07) is 13.7. The highest BCUT2D eigenvalue weighted by Crippen LogP contribution is 2.35. The molecule has 0 saturated carbocycles. The average molecular weight is 304 g/mol. The molecule has 4 heteroatoms. The normalized spacial score (nSPS) is 12.6. The van der Waals surface area contributed by atoms with Gasteiger partial charge in [-0.3, -0.25) is 0 Å². The highest BCUT2D eigenvalue weighted by molar-refractivity contribution is 7.99. The zero-order chi connectivity index (χ0) is 15.4. The molecule has 0 aliphatic heterocycles. The van der Waals surface area contributed by atoms with Crippen molar-refractivity contribution in [3.8, 4) is 0 Å². The molecule has 2 aromatic rings. The number of benzene rings is 2. The van der Waals surface area contributed by atoms with E-state index < -0.39 is 6.17 Å². The zero-order valence-corrected chi connectivity index (χ0v) is 13.5. The van der Waals surface area contributed by atoms with Crippen LogP contribution in [0.15, 0.2) is 52.3 Å². The second-order valence-corrected chi connectivity index (χ2v) is 6.44. The third kappa shape index (κ3) is 4.22. The number of rotatable bonds is 5. The summed E-state index contributed by atoms with van der Waals surface area (Å²) in [5, 5.41) is 0. The van der Waals surface area contributed by atoms with Crippen LogP contribution in [0.4, 0.5) is 10.1 Å². The molecule has 2 rings (SSSR count). The van der Waals surface area contributed by atoms with Crippen LogP contribution in [0.25, 0.3) is 0 Å². The minimum atomic E-state index is -0.993. The van der Waals surface area contributed by atoms with Gasteiger partial charge in [0.15, 0.2) is 0 Å². The van der Waals surface area contributed by atoms with Crippen molar-refractivity contribution in [3.05, 3.63) is 53.6 Å². The van der Waals surface area contributed by atoms with Gasteiger partial charge in [-0.15, -0.1) is 0 Å². The number of nitrogens with zero attached hydrogens (tertiary/aromatic N) is 1. The molecule has 0 bridgehead atoms. The molecule has 0 aromatic heterocycles. The predicted molar refractivity (Wildman–Crippen MR) is 88.3 cm³/mol. The van der Waals surface area contributed by atoms with Crippen LogP contribution < -0.4 is 5.73 Å². The fourth-order valence-electron chi connectivity index (χ4n) is 2.10. The fraction of sp³-hybridized carbons (Fsp3) is 0.294. The second-order valence-electron chi connectivity index (χ2n) is 5.36. The van der Waals surface area contributed by atoms with Crippen LogP contribution in [-0.4, -0.2) is 19.0 Å². The highest BCUT2D eigenvalue weighted by atomic mass is 32.2. The highest BCUT2D eigenvalue weighted by Gasteiger charge is 2.10. The first kappa shape index (κ1) is 15.9. The van der Waals surface area contributed by atoms with Gasteiger partial charge in [0.1, 0.15) is 6.17 Å². The molecule has 1 unspecified atom stereocenters. The van der Waals surface area contributed by atoms with Gasteiger partial charge in [0.25, 0.3) is 0 Å². The first-order chi connectivity index (χ1) is 9.97. The predicted octanol–water partition coefficient (Wildman–Crippen LogP) is 4.51. The summed E-state index contributed by atoms with van der Waals surface area (Å²) in [5.41, 5.74) is 8.57. The Kier molecular flexibility index (Phi) is 5.26. The average Bonchev–Trinajstić information content (AvgIpc) is 2.42. The Labute approximate surface area is 130 Å². The first-order valence-electron chi connectivity index (χ1n) is 6.91. The Morgan fingerprint density at radius 3 is 2.48 bits per heavy atom.